The van der Waals surface area contributed by atoms with Crippen molar-refractivity contribution in [2.45, 2.75) is 4.90 Å². The van der Waals surface area contributed by atoms with Crippen LogP contribution in [0.5, 0.6) is 0 Å². The molecule has 4 heteroatoms. The van der Waals surface area contributed by atoms with Crippen molar-refractivity contribution in [2.24, 2.45) is 0 Å². The molecule has 15 heavy (non-hydrogen) atoms. The standard InChI is InChI=1S/C11H9ClO2S/c1-14-11(13)8-4-7-5-9(12)2-3-10(7)15-6-8/h2-5H,6H2,1H3. The summed E-state index contributed by atoms with van der Waals surface area (Å²) >= 11 is 7.50. The van der Waals surface area contributed by atoms with Crippen molar-refractivity contribution in [2.75, 3.05) is 12.9 Å². The molecule has 1 aliphatic rings. The first-order chi connectivity index (χ1) is 7.20. The van der Waals surface area contributed by atoms with Gasteiger partial charge in [0.25, 0.3) is 0 Å². The Bertz CT molecular complexity index is 440. The summed E-state index contributed by atoms with van der Waals surface area (Å²) in [6, 6.07) is 5.67. The van der Waals surface area contributed by atoms with Crippen LogP contribution in [0.1, 0.15) is 5.56 Å². The predicted molar refractivity (Wildman–Crippen MR) is 62.2 cm³/mol. The first-order valence-corrected chi connectivity index (χ1v) is 5.78. The Balaban J connectivity index is 2.39. The minimum atomic E-state index is -0.270. The highest BCUT2D eigenvalue weighted by molar-refractivity contribution is 7.99. The molecule has 0 bridgehead atoms. The van der Waals surface area contributed by atoms with Crippen molar-refractivity contribution in [3.8, 4) is 0 Å². The van der Waals surface area contributed by atoms with E-state index in [1.807, 2.05) is 24.3 Å². The van der Waals surface area contributed by atoms with Crippen LogP contribution in [-0.2, 0) is 9.53 Å². The number of hydrogen-bond acceptors (Lipinski definition) is 3. The number of fused-ring (bicyclic) bond motifs is 1. The second-order valence-corrected chi connectivity index (χ2v) is 4.59. The number of rotatable bonds is 1. The Kier molecular flexibility index (Phi) is 3.03. The molecule has 1 aromatic rings. The third-order valence-electron chi connectivity index (χ3n) is 2.13. The summed E-state index contributed by atoms with van der Waals surface area (Å²) in [5, 5.41) is 0.678. The molecule has 1 heterocycles. The summed E-state index contributed by atoms with van der Waals surface area (Å²) in [5.74, 6) is 0.384. The zero-order chi connectivity index (χ0) is 10.8. The molecule has 0 radical (unpaired) electrons. The van der Waals surface area contributed by atoms with Crippen LogP contribution in [-0.4, -0.2) is 18.8 Å². The molecule has 0 spiro atoms. The summed E-state index contributed by atoms with van der Waals surface area (Å²) in [6.45, 7) is 0. The van der Waals surface area contributed by atoms with Gasteiger partial charge in [0, 0.05) is 21.2 Å². The molecule has 0 unspecified atom stereocenters. The zero-order valence-corrected chi connectivity index (χ0v) is 9.69. The number of hydrogen-bond donors (Lipinski definition) is 0. The van der Waals surface area contributed by atoms with Gasteiger partial charge < -0.3 is 4.74 Å². The van der Waals surface area contributed by atoms with Gasteiger partial charge in [-0.3, -0.25) is 0 Å². The van der Waals surface area contributed by atoms with Crippen LogP contribution in [0.15, 0.2) is 28.7 Å². The van der Waals surface area contributed by atoms with E-state index < -0.39 is 0 Å². The highest BCUT2D eigenvalue weighted by Crippen LogP contribution is 2.33. The first kappa shape index (κ1) is 10.6. The second kappa shape index (κ2) is 4.29. The fraction of sp³-hybridized carbons (Fsp3) is 0.182. The maximum atomic E-state index is 11.3. The number of thioether (sulfide) groups is 1. The van der Waals surface area contributed by atoms with E-state index in [0.29, 0.717) is 16.3 Å². The molecule has 2 nitrogen and oxygen atoms in total. The summed E-state index contributed by atoms with van der Waals surface area (Å²) in [5.41, 5.74) is 1.66. The number of esters is 1. The maximum absolute atomic E-state index is 11.3. The van der Waals surface area contributed by atoms with Gasteiger partial charge in [0.05, 0.1) is 7.11 Å². The summed E-state index contributed by atoms with van der Waals surface area (Å²) in [4.78, 5) is 12.5. The van der Waals surface area contributed by atoms with Crippen molar-refractivity contribution in [1.29, 1.82) is 0 Å². The average Bonchev–Trinajstić information content (AvgIpc) is 2.27. The molecule has 1 aromatic carbocycles. The van der Waals surface area contributed by atoms with E-state index in [4.69, 9.17) is 11.6 Å². The third kappa shape index (κ3) is 2.19. The Morgan fingerprint density at radius 1 is 1.53 bits per heavy atom. The van der Waals surface area contributed by atoms with Crippen molar-refractivity contribution in [3.63, 3.8) is 0 Å². The quantitative estimate of drug-likeness (QED) is 0.706. The molecule has 2 rings (SSSR count). The minimum Gasteiger partial charge on any atom is -0.466 e. The van der Waals surface area contributed by atoms with Gasteiger partial charge in [0.15, 0.2) is 0 Å². The van der Waals surface area contributed by atoms with E-state index in [9.17, 15) is 4.79 Å². The fourth-order valence-electron chi connectivity index (χ4n) is 1.40. The van der Waals surface area contributed by atoms with Gasteiger partial charge in [-0.2, -0.15) is 0 Å². The lowest BCUT2D eigenvalue weighted by molar-refractivity contribution is -0.135. The van der Waals surface area contributed by atoms with Crippen LogP contribution < -0.4 is 0 Å². The number of carbonyl (C=O) groups is 1. The maximum Gasteiger partial charge on any atom is 0.334 e. The highest BCUT2D eigenvalue weighted by atomic mass is 35.5. The molecule has 0 N–H and O–H groups in total. The van der Waals surface area contributed by atoms with E-state index in [1.54, 1.807) is 11.8 Å². The van der Waals surface area contributed by atoms with Crippen LogP contribution in [0.4, 0.5) is 0 Å². The second-order valence-electron chi connectivity index (χ2n) is 3.13. The molecule has 0 amide bonds. The topological polar surface area (TPSA) is 26.3 Å². The highest BCUT2D eigenvalue weighted by Gasteiger charge is 2.16. The molecular weight excluding hydrogens is 232 g/mol. The Hall–Kier alpha value is -0.930. The van der Waals surface area contributed by atoms with E-state index in [2.05, 4.69) is 4.74 Å². The molecule has 0 saturated carbocycles. The van der Waals surface area contributed by atoms with Gasteiger partial charge in [0.1, 0.15) is 0 Å². The van der Waals surface area contributed by atoms with E-state index in [0.717, 1.165) is 10.5 Å². The van der Waals surface area contributed by atoms with E-state index >= 15 is 0 Å². The molecule has 0 atom stereocenters. The number of benzene rings is 1. The van der Waals surface area contributed by atoms with Crippen LogP contribution in [0, 0.1) is 0 Å². The zero-order valence-electron chi connectivity index (χ0n) is 8.12. The molecular formula is C11H9ClO2S. The van der Waals surface area contributed by atoms with Gasteiger partial charge in [-0.05, 0) is 29.8 Å². The van der Waals surface area contributed by atoms with Crippen molar-refractivity contribution >= 4 is 35.4 Å². The average molecular weight is 241 g/mol. The van der Waals surface area contributed by atoms with Gasteiger partial charge in [-0.1, -0.05) is 11.6 Å². The lowest BCUT2D eigenvalue weighted by Gasteiger charge is -2.14. The largest absolute Gasteiger partial charge is 0.466 e. The van der Waals surface area contributed by atoms with Crippen molar-refractivity contribution in [1.82, 2.24) is 0 Å². The summed E-state index contributed by atoms with van der Waals surface area (Å²) in [6.07, 6.45) is 1.84. The molecule has 0 saturated heterocycles. The molecule has 0 aromatic heterocycles. The van der Waals surface area contributed by atoms with Crippen molar-refractivity contribution < 1.29 is 9.53 Å². The van der Waals surface area contributed by atoms with Crippen LogP contribution in [0.2, 0.25) is 5.02 Å². The fourth-order valence-corrected chi connectivity index (χ4v) is 2.54. The lowest BCUT2D eigenvalue weighted by atomic mass is 10.1. The van der Waals surface area contributed by atoms with Gasteiger partial charge in [-0.25, -0.2) is 4.79 Å². The minimum absolute atomic E-state index is 0.270. The number of ether oxygens (including phenoxy) is 1. The Morgan fingerprint density at radius 2 is 2.33 bits per heavy atom. The Morgan fingerprint density at radius 3 is 3.07 bits per heavy atom. The Labute approximate surface area is 97.3 Å². The monoisotopic (exact) mass is 240 g/mol. The van der Waals surface area contributed by atoms with Crippen LogP contribution in [0.3, 0.4) is 0 Å². The summed E-state index contributed by atoms with van der Waals surface area (Å²) in [7, 11) is 1.39. The number of carbonyl (C=O) groups excluding carboxylic acids is 1. The molecule has 0 aliphatic carbocycles. The van der Waals surface area contributed by atoms with E-state index in [1.165, 1.54) is 7.11 Å². The van der Waals surface area contributed by atoms with E-state index in [-0.39, 0.29) is 5.97 Å². The van der Waals surface area contributed by atoms with Gasteiger partial charge in [-0.15, -0.1) is 11.8 Å². The van der Waals surface area contributed by atoms with Gasteiger partial charge >= 0.3 is 5.97 Å². The number of halogens is 1. The predicted octanol–water partition coefficient (Wildman–Crippen LogP) is 3.00. The van der Waals surface area contributed by atoms with Gasteiger partial charge in [0.2, 0.25) is 0 Å². The van der Waals surface area contributed by atoms with Crippen molar-refractivity contribution in [3.05, 3.63) is 34.4 Å². The smallest absolute Gasteiger partial charge is 0.334 e. The molecule has 78 valence electrons. The number of methoxy groups -OCH3 is 1. The lowest BCUT2D eigenvalue weighted by Crippen LogP contribution is -2.09. The van der Waals surface area contributed by atoms with Crippen LogP contribution >= 0.6 is 23.4 Å². The first-order valence-electron chi connectivity index (χ1n) is 4.42. The third-order valence-corrected chi connectivity index (χ3v) is 3.51. The SMILES string of the molecule is COC(=O)C1=Cc2cc(Cl)ccc2SC1. The molecule has 0 fully saturated rings. The summed E-state index contributed by atoms with van der Waals surface area (Å²) < 4.78 is 4.68. The normalized spacial score (nSPS) is 14.1. The van der Waals surface area contributed by atoms with Crippen LogP contribution in [0.25, 0.3) is 6.08 Å². The molecule has 1 aliphatic heterocycles.